The number of nitrogen functional groups attached to an aromatic ring is 1. The molecule has 2 aromatic rings. The maximum Gasteiger partial charge on any atom is 0.271 e. The van der Waals surface area contributed by atoms with Crippen molar-refractivity contribution in [1.29, 1.82) is 0 Å². The average Bonchev–Trinajstić information content (AvgIpc) is 3.02. The van der Waals surface area contributed by atoms with Crippen molar-refractivity contribution in [3.05, 3.63) is 46.7 Å². The van der Waals surface area contributed by atoms with Gasteiger partial charge in [-0.05, 0) is 18.9 Å². The number of halogens is 1. The Morgan fingerprint density at radius 3 is 2.74 bits per heavy atom. The predicted octanol–water partition coefficient (Wildman–Crippen LogP) is 2.28. The van der Waals surface area contributed by atoms with Gasteiger partial charge in [0.2, 0.25) is 0 Å². The smallest absolute Gasteiger partial charge is 0.271 e. The molecule has 1 amide bonds. The maximum atomic E-state index is 13.8. The number of benzene rings is 1. The van der Waals surface area contributed by atoms with E-state index in [1.54, 1.807) is 23.6 Å². The zero-order valence-corrected chi connectivity index (χ0v) is 10.8. The number of hydrogen-bond donors (Lipinski definition) is 2. The summed E-state index contributed by atoms with van der Waals surface area (Å²) in [7, 11) is 0. The van der Waals surface area contributed by atoms with Crippen molar-refractivity contribution < 1.29 is 9.18 Å². The molecule has 0 spiro atoms. The third-order valence-corrected chi connectivity index (χ3v) is 3.92. The Morgan fingerprint density at radius 1 is 1.42 bits per heavy atom. The molecule has 1 aliphatic carbocycles. The van der Waals surface area contributed by atoms with Crippen LogP contribution in [0.2, 0.25) is 0 Å². The number of rotatable bonds is 3. The minimum absolute atomic E-state index is 0.283. The highest BCUT2D eigenvalue weighted by Gasteiger charge is 2.47. The molecule has 1 aromatic carbocycles. The molecule has 19 heavy (non-hydrogen) atoms. The highest BCUT2D eigenvalue weighted by atomic mass is 32.1. The minimum atomic E-state index is -0.583. The van der Waals surface area contributed by atoms with Crippen LogP contribution in [0.3, 0.4) is 0 Å². The summed E-state index contributed by atoms with van der Waals surface area (Å²) in [6.45, 7) is 0. The third kappa shape index (κ3) is 2.19. The van der Waals surface area contributed by atoms with E-state index in [4.69, 9.17) is 5.73 Å². The molecule has 1 saturated carbocycles. The van der Waals surface area contributed by atoms with Gasteiger partial charge in [0.25, 0.3) is 5.91 Å². The predicted molar refractivity (Wildman–Crippen MR) is 71.3 cm³/mol. The van der Waals surface area contributed by atoms with E-state index in [0.717, 1.165) is 12.8 Å². The molecule has 0 radical (unpaired) electrons. The Labute approximate surface area is 113 Å². The van der Waals surface area contributed by atoms with Crippen LogP contribution in [0, 0.1) is 5.82 Å². The number of carbonyl (C=O) groups is 1. The fourth-order valence-electron chi connectivity index (χ4n) is 2.11. The fraction of sp³-hybridized carbons (Fsp3) is 0.231. The molecule has 0 atom stereocenters. The van der Waals surface area contributed by atoms with Crippen LogP contribution >= 0.6 is 11.3 Å². The van der Waals surface area contributed by atoms with Gasteiger partial charge in [-0.3, -0.25) is 4.79 Å². The van der Waals surface area contributed by atoms with Crippen LogP contribution in [0.25, 0.3) is 0 Å². The molecule has 98 valence electrons. The van der Waals surface area contributed by atoms with E-state index in [-0.39, 0.29) is 17.4 Å². The normalized spacial score (nSPS) is 16.1. The Kier molecular flexibility index (Phi) is 2.74. The Morgan fingerprint density at radius 2 is 2.16 bits per heavy atom. The maximum absolute atomic E-state index is 13.8. The van der Waals surface area contributed by atoms with Gasteiger partial charge in [-0.2, -0.15) is 0 Å². The quantitative estimate of drug-likeness (QED) is 0.904. The first-order valence-corrected chi connectivity index (χ1v) is 6.77. The second-order valence-electron chi connectivity index (χ2n) is 4.59. The summed E-state index contributed by atoms with van der Waals surface area (Å²) in [4.78, 5) is 16.0. The first-order chi connectivity index (χ1) is 9.11. The van der Waals surface area contributed by atoms with Gasteiger partial charge in [-0.25, -0.2) is 9.37 Å². The Hall–Kier alpha value is -1.95. The van der Waals surface area contributed by atoms with Crippen LogP contribution in [0.4, 0.5) is 9.52 Å². The lowest BCUT2D eigenvalue weighted by Crippen LogP contribution is -2.35. The Balaban J connectivity index is 1.83. The van der Waals surface area contributed by atoms with Crippen LogP contribution in [0.5, 0.6) is 0 Å². The summed E-state index contributed by atoms with van der Waals surface area (Å²) >= 11 is 1.21. The number of hydrogen-bond acceptors (Lipinski definition) is 4. The van der Waals surface area contributed by atoms with Crippen molar-refractivity contribution in [2.24, 2.45) is 0 Å². The number of thiazole rings is 1. The van der Waals surface area contributed by atoms with E-state index in [2.05, 4.69) is 10.3 Å². The average molecular weight is 277 g/mol. The standard InChI is InChI=1S/C13H12FN3OS/c14-9-4-2-1-3-8(9)13(5-6-13)17-11(18)10-7-19-12(15)16-10/h1-4,7H,5-6H2,(H2,15,16)(H,17,18). The molecule has 4 nitrogen and oxygen atoms in total. The first-order valence-electron chi connectivity index (χ1n) is 5.89. The van der Waals surface area contributed by atoms with Crippen molar-refractivity contribution >= 4 is 22.4 Å². The summed E-state index contributed by atoms with van der Waals surface area (Å²) < 4.78 is 13.8. The lowest BCUT2D eigenvalue weighted by molar-refractivity contribution is 0.0926. The number of amides is 1. The van der Waals surface area contributed by atoms with Crippen LogP contribution < -0.4 is 11.1 Å². The molecule has 1 heterocycles. The third-order valence-electron chi connectivity index (χ3n) is 3.25. The van der Waals surface area contributed by atoms with E-state index < -0.39 is 5.54 Å². The highest BCUT2D eigenvalue weighted by Crippen LogP contribution is 2.46. The topological polar surface area (TPSA) is 68.0 Å². The zero-order valence-electron chi connectivity index (χ0n) is 10.0. The number of nitrogens with zero attached hydrogens (tertiary/aromatic N) is 1. The van der Waals surface area contributed by atoms with Crippen LogP contribution in [0.15, 0.2) is 29.6 Å². The Bertz CT molecular complexity index is 636. The lowest BCUT2D eigenvalue weighted by atomic mass is 10.0. The molecule has 1 aromatic heterocycles. The molecule has 3 N–H and O–H groups in total. The summed E-state index contributed by atoms with van der Waals surface area (Å²) in [5.74, 6) is -0.605. The van der Waals surface area contributed by atoms with E-state index in [1.165, 1.54) is 17.4 Å². The highest BCUT2D eigenvalue weighted by molar-refractivity contribution is 7.13. The van der Waals surface area contributed by atoms with E-state index in [1.807, 2.05) is 0 Å². The van der Waals surface area contributed by atoms with Gasteiger partial charge in [0.1, 0.15) is 11.5 Å². The van der Waals surface area contributed by atoms with Crippen LogP contribution in [-0.2, 0) is 5.54 Å². The number of carbonyl (C=O) groups excluding carboxylic acids is 1. The molecule has 0 bridgehead atoms. The van der Waals surface area contributed by atoms with Crippen molar-refractivity contribution in [3.8, 4) is 0 Å². The molecular formula is C13H12FN3OS. The SMILES string of the molecule is Nc1nc(C(=O)NC2(c3ccccc3F)CC2)cs1. The van der Waals surface area contributed by atoms with Gasteiger partial charge in [0.15, 0.2) is 5.13 Å². The fourth-order valence-corrected chi connectivity index (χ4v) is 2.65. The lowest BCUT2D eigenvalue weighted by Gasteiger charge is -2.17. The number of nitrogens with one attached hydrogen (secondary N) is 1. The van der Waals surface area contributed by atoms with Crippen molar-refractivity contribution in [2.75, 3.05) is 5.73 Å². The van der Waals surface area contributed by atoms with Gasteiger partial charge in [0.05, 0.1) is 5.54 Å². The van der Waals surface area contributed by atoms with E-state index in [9.17, 15) is 9.18 Å². The summed E-state index contributed by atoms with van der Waals surface area (Å²) in [5.41, 5.74) is 5.73. The second kappa shape index (κ2) is 4.31. The summed E-state index contributed by atoms with van der Waals surface area (Å²) in [5, 5.41) is 4.81. The van der Waals surface area contributed by atoms with E-state index in [0.29, 0.717) is 10.7 Å². The summed E-state index contributed by atoms with van der Waals surface area (Å²) in [6.07, 6.45) is 1.47. The number of nitrogens with two attached hydrogens (primary N) is 1. The molecule has 0 saturated heterocycles. The number of anilines is 1. The second-order valence-corrected chi connectivity index (χ2v) is 5.48. The minimum Gasteiger partial charge on any atom is -0.375 e. The van der Waals surface area contributed by atoms with E-state index >= 15 is 0 Å². The van der Waals surface area contributed by atoms with Crippen molar-refractivity contribution in [2.45, 2.75) is 18.4 Å². The molecule has 1 fully saturated rings. The van der Waals surface area contributed by atoms with Gasteiger partial charge >= 0.3 is 0 Å². The van der Waals surface area contributed by atoms with Gasteiger partial charge < -0.3 is 11.1 Å². The molecule has 6 heteroatoms. The summed E-state index contributed by atoms with van der Waals surface area (Å²) in [6, 6.07) is 6.52. The molecule has 3 rings (SSSR count). The molecular weight excluding hydrogens is 265 g/mol. The van der Waals surface area contributed by atoms with Crippen LogP contribution in [0.1, 0.15) is 28.9 Å². The molecule has 1 aliphatic rings. The first kappa shape index (κ1) is 12.1. The van der Waals surface area contributed by atoms with Gasteiger partial charge in [-0.1, -0.05) is 18.2 Å². The number of aromatic nitrogens is 1. The van der Waals surface area contributed by atoms with Gasteiger partial charge in [0, 0.05) is 10.9 Å². The van der Waals surface area contributed by atoms with Crippen molar-refractivity contribution in [1.82, 2.24) is 10.3 Å². The van der Waals surface area contributed by atoms with Crippen LogP contribution in [-0.4, -0.2) is 10.9 Å². The zero-order chi connectivity index (χ0) is 13.5. The van der Waals surface area contributed by atoms with Gasteiger partial charge in [-0.15, -0.1) is 11.3 Å². The van der Waals surface area contributed by atoms with Crippen molar-refractivity contribution in [3.63, 3.8) is 0 Å². The monoisotopic (exact) mass is 277 g/mol. The molecule has 0 aliphatic heterocycles. The largest absolute Gasteiger partial charge is 0.375 e. The molecule has 0 unspecified atom stereocenters.